The van der Waals surface area contributed by atoms with Gasteiger partial charge >= 0.3 is 176 Å². The molecule has 5 aliphatic carbocycles. The molecule has 0 saturated heterocycles. The number of ketones is 3. The molecule has 0 amide bonds. The van der Waals surface area contributed by atoms with Crippen LogP contribution in [0.1, 0.15) is 336 Å². The number of nitrogens with zero attached hydrogens (tertiary/aromatic N) is 7. The Balaban J connectivity index is -0.000000287. The number of aliphatic hydroxyl groups excluding tert-OH is 4. The summed E-state index contributed by atoms with van der Waals surface area (Å²) < 4.78 is 77.3. The number of carbonyl (C=O) groups is 4. The van der Waals surface area contributed by atoms with Gasteiger partial charge in [-0.2, -0.15) is 18.2 Å². The van der Waals surface area contributed by atoms with E-state index in [1.54, 1.807) is 197 Å². The molecule has 5 aromatic heterocycles. The Morgan fingerprint density at radius 2 is 0.964 bits per heavy atom. The Morgan fingerprint density at radius 1 is 0.593 bits per heavy atom. The summed E-state index contributed by atoms with van der Waals surface area (Å²) in [6.45, 7) is 46.2. The first-order valence-electron chi connectivity index (χ1n) is 48.7. The third-order valence-corrected chi connectivity index (χ3v) is 38.0. The molecule has 2 aromatic carbocycles. The van der Waals surface area contributed by atoms with Crippen LogP contribution in [0.25, 0.3) is 0 Å². The summed E-state index contributed by atoms with van der Waals surface area (Å²) in [5.41, 5.74) is 12.0. The molecule has 0 radical (unpaired) electrons. The number of Topliss-reactive ketones (excluding diaryl/α,β-unsaturated/α-hetero) is 2. The Labute approximate surface area is 943 Å². The molecule has 140 heavy (non-hydrogen) atoms. The van der Waals surface area contributed by atoms with Crippen molar-refractivity contribution < 1.29 is 141 Å². The van der Waals surface area contributed by atoms with E-state index < -0.39 is 74.9 Å². The van der Waals surface area contributed by atoms with Crippen molar-refractivity contribution in [1.82, 2.24) is 29.6 Å². The summed E-state index contributed by atoms with van der Waals surface area (Å²) in [5, 5.41) is 37.0. The largest absolute Gasteiger partial charge is 2.00 e. The fraction of sp³-hybridized carbons (Fsp3) is 0.589. The summed E-state index contributed by atoms with van der Waals surface area (Å²) >= 11 is -0.967. The number of nitrogens with one attached hydrogen (secondary N) is 1. The SMILES string of the molecule is Br.CC(=O)c1ccncc1.CC(C)(C)S(=O)NC(CCC1CC1)(c1ccncc1)c1ccc(F)c(N)c1.CC(C)(C)[S@](N)=O.CC(C)(C)[Si](=O)N=C(CCC1CC1)c1ccncc1.CC(C)O.CC(C)O.CC(C)O.CC(C)O.CCC[CH2][SnH]([CH2]CCC)[CH2]CCC.CN(c1c[c-]ccc1F)[Si](C)(C)C.O=C(/C=C/C1CC1)c1ccncc1.O=C(CCC1CC1)c1ccncc1.O=CC1CC1.[H-].[K+].[Mg+2].[OH-].[Ti]. The maximum Gasteiger partial charge on any atom is 2.00 e. The minimum Gasteiger partial charge on any atom is -1.00 e. The number of hydrogen-bond donors (Lipinski definition) is 7. The maximum absolute atomic E-state index is 13.8. The zero-order valence-corrected chi connectivity index (χ0v) is 105. The number of aldehydes is 1. The number of unbranched alkanes of at least 4 members (excludes halogenated alkanes) is 3. The van der Waals surface area contributed by atoms with Gasteiger partial charge in [-0.15, -0.1) is 23.0 Å². The average Bonchev–Trinajstić information content (AvgIpc) is 1.75. The second-order valence-electron chi connectivity index (χ2n) is 40.1. The quantitative estimate of drug-likeness (QED) is 0.00392. The van der Waals surface area contributed by atoms with E-state index in [0.29, 0.717) is 41.0 Å². The minimum absolute atomic E-state index is 0. The van der Waals surface area contributed by atoms with Gasteiger partial charge < -0.3 is 46.9 Å². The number of carbonyl (C=O) groups excluding carboxylic acids is 4. The van der Waals surface area contributed by atoms with Crippen LogP contribution < -0.4 is 71.5 Å². The van der Waals surface area contributed by atoms with Crippen LogP contribution in [0.15, 0.2) is 176 Å². The van der Waals surface area contributed by atoms with Crippen molar-refractivity contribution in [2.24, 2.45) is 39.4 Å². The Bertz CT molecular complexity index is 4450. The maximum atomic E-state index is 13.8. The van der Waals surface area contributed by atoms with Gasteiger partial charge in [0.2, 0.25) is 0 Å². The van der Waals surface area contributed by atoms with Crippen molar-refractivity contribution in [3.8, 4) is 0 Å². The summed E-state index contributed by atoms with van der Waals surface area (Å²) in [6, 6.07) is 30.7. The molecule has 5 aliphatic rings. The number of nitrogens with two attached hydrogens (primary N) is 2. The second kappa shape index (κ2) is 82.3. The molecule has 12 rings (SSSR count). The smallest absolute Gasteiger partial charge is 1.00 e. The number of hydrogen-bond acceptors (Lipinski definition) is 19. The molecule has 778 valence electrons. The first-order valence-corrected chi connectivity index (χ1v) is 62.8. The van der Waals surface area contributed by atoms with Crippen LogP contribution in [-0.2, 0) is 58.5 Å². The van der Waals surface area contributed by atoms with Crippen LogP contribution in [0.4, 0.5) is 20.2 Å². The van der Waals surface area contributed by atoms with Gasteiger partial charge in [-0.25, -0.2) is 21.9 Å². The van der Waals surface area contributed by atoms with E-state index in [0.717, 1.165) is 84.6 Å². The normalized spacial score (nSPS) is 14.0. The van der Waals surface area contributed by atoms with Gasteiger partial charge in [0.1, 0.15) is 20.3 Å². The Hall–Kier alpha value is -3.61. The number of halogens is 3. The summed E-state index contributed by atoms with van der Waals surface area (Å²) in [5.74, 6) is 3.33. The molecule has 33 heteroatoms. The van der Waals surface area contributed by atoms with E-state index in [-0.39, 0.29) is 183 Å². The van der Waals surface area contributed by atoms with Gasteiger partial charge in [-0.05, 0) is 294 Å². The van der Waals surface area contributed by atoms with E-state index in [1.807, 2.05) is 104 Å². The molecule has 0 spiro atoms. The number of anilines is 2. The van der Waals surface area contributed by atoms with Crippen molar-refractivity contribution >= 4 is 140 Å². The predicted octanol–water partition coefficient (Wildman–Crippen LogP) is 21.2. The number of benzene rings is 2. The minimum atomic E-state index is -1.96. The molecule has 10 N–H and O–H groups in total. The molecule has 22 nitrogen and oxygen atoms in total. The summed E-state index contributed by atoms with van der Waals surface area (Å²) in [6.07, 6.45) is 48.0. The van der Waals surface area contributed by atoms with Gasteiger partial charge in [-0.1, -0.05) is 91.1 Å². The van der Waals surface area contributed by atoms with Gasteiger partial charge in [0.05, 0.1) is 42.7 Å². The third kappa shape index (κ3) is 77.7. The molecule has 0 bridgehead atoms. The van der Waals surface area contributed by atoms with E-state index in [1.165, 1.54) is 115 Å². The summed E-state index contributed by atoms with van der Waals surface area (Å²) in [4.78, 5) is 62.9. The standard InChI is InChI=1S/C21H28FN3OS.C15H22N2OSi.C11H13NO.C11H11NO.C10H15FNSi.C7H7NO.C4H11NOS.C4H6O.3C4H9.4C3H8O.BrH.K.Mg.H2O.Sn.Ti.2H/c1-20(2,3)27(26)25-21(11-8-15-4-5-15,16-9-12-24-13-10-16)17-6-7-18(22)19(23)14-17;1-15(2,3)19(18)17-14(7-6-12-4-5-12)13-8-10-16-11-9-13;2*13-11(4-3-9-1-2-9)10-5-7-12-8-6-10;1-12(13(2,3)4)10-8-6-5-7-9(10)11;1-6(9)7-2-4-8-5-3-7;1-4(2,3)7(5)6;5-3-4-1-2-4;3*1-3-4-2;4*1-3(2)4;;;;;;;;/h6-7,9-10,12-15,25H,4-5,8,11,23H2,1-3H3;8-12H,4-7H2,1-3H3;5-9H,1-4H2;3-9H,1-2H2;5,7-8H,1-4H3;2-5H,1H3;5H2,1-3H3;3-4H,1-2H2;3*1,3-4H2,2H3;4*3-4H,1-2H3;1H;;;1H2;;;;/q;;;;-1;;;;;;;;;;;;+1;+2;;;;;-1/p-1/b;;;4-3+;;;;;;;;;;;;;;;;;;;/t;;;;;;7-;;;;;;;;;;;;;;;;/m......1................/s1. The number of aliphatic hydroxyl groups is 4. The topological polar surface area (TPSA) is 375 Å². The van der Waals surface area contributed by atoms with Gasteiger partial charge in [0, 0.05) is 154 Å². The van der Waals surface area contributed by atoms with Crippen molar-refractivity contribution in [3.05, 3.63) is 222 Å². The first-order chi connectivity index (χ1) is 63.3. The van der Waals surface area contributed by atoms with Crippen LogP contribution in [0, 0.1) is 47.3 Å². The van der Waals surface area contributed by atoms with Gasteiger partial charge in [0.25, 0.3) is 0 Å². The molecule has 5 heterocycles. The molecule has 5 fully saturated rings. The van der Waals surface area contributed by atoms with E-state index in [9.17, 15) is 40.8 Å². The molecular formula is C107H176BrF2KMgN10O12S2Si2SnTi. The fourth-order valence-corrected chi connectivity index (χ4v) is 24.9. The Morgan fingerprint density at radius 3 is 1.29 bits per heavy atom. The molecule has 5 saturated carbocycles. The number of rotatable bonds is 32. The molecular weight excluding hydrogens is 2090 g/mol. The van der Waals surface area contributed by atoms with Crippen LogP contribution in [0.3, 0.4) is 0 Å². The monoisotopic (exact) mass is 2260 g/mol. The molecule has 0 aliphatic heterocycles. The van der Waals surface area contributed by atoms with Crippen molar-refractivity contribution in [1.29, 1.82) is 0 Å². The van der Waals surface area contributed by atoms with Crippen molar-refractivity contribution in [2.45, 2.75) is 364 Å². The zero-order chi connectivity index (χ0) is 103. The fourth-order valence-electron chi connectivity index (χ4n) is 11.4. The number of allylic oxidation sites excluding steroid dienone is 2. The molecule has 2 unspecified atom stereocenters. The molecule has 3 atom stereocenters. The van der Waals surface area contributed by atoms with Crippen molar-refractivity contribution in [3.63, 3.8) is 0 Å². The zero-order valence-electron chi connectivity index (χ0n) is 90.8. The van der Waals surface area contributed by atoms with E-state index in [4.69, 9.17) is 31.3 Å². The van der Waals surface area contributed by atoms with Crippen LogP contribution >= 0.6 is 17.0 Å². The Kier molecular flexibility index (Phi) is 86.4. The number of pyridine rings is 5. The van der Waals surface area contributed by atoms with E-state index >= 15 is 0 Å². The first kappa shape index (κ1) is 147. The van der Waals surface area contributed by atoms with Crippen LogP contribution in [0.5, 0.6) is 0 Å². The van der Waals surface area contributed by atoms with Gasteiger partial charge in [0.15, 0.2) is 17.3 Å². The van der Waals surface area contributed by atoms with Gasteiger partial charge in [-0.3, -0.25) is 49.1 Å². The van der Waals surface area contributed by atoms with Crippen molar-refractivity contribution in [2.75, 3.05) is 17.3 Å². The second-order valence-corrected chi connectivity index (χ2v) is 61.1. The third-order valence-electron chi connectivity index (χ3n) is 20.6. The van der Waals surface area contributed by atoms with Crippen LogP contribution in [0.2, 0.25) is 38.0 Å². The summed E-state index contributed by atoms with van der Waals surface area (Å²) in [7, 11) is -3.98. The van der Waals surface area contributed by atoms with E-state index in [2.05, 4.69) is 80.8 Å². The number of nitrogen functional groups attached to an aromatic ring is 1. The number of aromatic nitrogens is 5. The average molecular weight is 2260 g/mol. The van der Waals surface area contributed by atoms with Crippen LogP contribution in [-0.4, -0.2) is 189 Å². The molecule has 7 aromatic rings. The predicted molar refractivity (Wildman–Crippen MR) is 586 cm³/mol.